The number of esters is 1. The van der Waals surface area contributed by atoms with E-state index in [2.05, 4.69) is 4.98 Å². The Morgan fingerprint density at radius 2 is 2.33 bits per heavy atom. The highest BCUT2D eigenvalue weighted by Gasteiger charge is 2.30. The second kappa shape index (κ2) is 5.23. The fourth-order valence-corrected chi connectivity index (χ4v) is 1.47. The zero-order valence-electron chi connectivity index (χ0n) is 9.15. The summed E-state index contributed by atoms with van der Waals surface area (Å²) in [6, 6.07) is 0. The van der Waals surface area contributed by atoms with Crippen LogP contribution in [0.4, 0.5) is 0 Å². The highest BCUT2D eigenvalue weighted by Crippen LogP contribution is 2.14. The molecule has 1 aromatic heterocycles. The average molecular weight is 229 g/mol. The van der Waals surface area contributed by atoms with Crippen LogP contribution in [0, 0.1) is 0 Å². The smallest absolute Gasteiger partial charge is 0.337 e. The van der Waals surface area contributed by atoms with Gasteiger partial charge in [0.2, 0.25) is 0 Å². The van der Waals surface area contributed by atoms with Crippen LogP contribution in [0.3, 0.4) is 0 Å². The Kier molecular flexibility index (Phi) is 4.23. The fourth-order valence-electron chi connectivity index (χ4n) is 0.927. The highest BCUT2D eigenvalue weighted by molar-refractivity contribution is 7.07. The van der Waals surface area contributed by atoms with Crippen molar-refractivity contribution >= 4 is 17.3 Å². The molecule has 0 aliphatic carbocycles. The number of thiazole rings is 1. The molecule has 0 aliphatic rings. The standard InChI is InChI=1S/C10H15NO3S/c1-4-13-9(12)10(2,3)14-5-8-6-15-7-11-8/h6-7H,4-5H2,1-3H3. The van der Waals surface area contributed by atoms with Crippen LogP contribution in [0.1, 0.15) is 26.5 Å². The van der Waals surface area contributed by atoms with Gasteiger partial charge >= 0.3 is 5.97 Å². The van der Waals surface area contributed by atoms with Gasteiger partial charge < -0.3 is 9.47 Å². The molecule has 0 fully saturated rings. The van der Waals surface area contributed by atoms with E-state index in [1.54, 1.807) is 26.3 Å². The quantitative estimate of drug-likeness (QED) is 0.725. The van der Waals surface area contributed by atoms with Crippen molar-refractivity contribution in [1.29, 1.82) is 0 Å². The Hall–Kier alpha value is -0.940. The predicted octanol–water partition coefficient (Wildman–Crippen LogP) is 2.00. The largest absolute Gasteiger partial charge is 0.464 e. The van der Waals surface area contributed by atoms with Crippen LogP contribution in [0.2, 0.25) is 0 Å². The van der Waals surface area contributed by atoms with Gasteiger partial charge in [-0.05, 0) is 20.8 Å². The number of ether oxygens (including phenoxy) is 2. The molecule has 0 atom stereocenters. The molecule has 4 nitrogen and oxygen atoms in total. The molecule has 84 valence electrons. The van der Waals surface area contributed by atoms with E-state index in [1.165, 1.54) is 11.3 Å². The summed E-state index contributed by atoms with van der Waals surface area (Å²) in [6.45, 7) is 5.85. The molecular formula is C10H15NO3S. The Balaban J connectivity index is 2.45. The van der Waals surface area contributed by atoms with Crippen LogP contribution in [-0.2, 0) is 20.9 Å². The zero-order valence-corrected chi connectivity index (χ0v) is 9.97. The molecule has 0 N–H and O–H groups in total. The molecule has 1 heterocycles. The predicted molar refractivity (Wildman–Crippen MR) is 57.6 cm³/mol. The van der Waals surface area contributed by atoms with E-state index < -0.39 is 5.60 Å². The molecule has 15 heavy (non-hydrogen) atoms. The number of carbonyl (C=O) groups is 1. The molecule has 0 amide bonds. The summed E-state index contributed by atoms with van der Waals surface area (Å²) in [4.78, 5) is 15.5. The van der Waals surface area contributed by atoms with Crippen LogP contribution in [-0.4, -0.2) is 23.2 Å². The number of aromatic nitrogens is 1. The van der Waals surface area contributed by atoms with E-state index >= 15 is 0 Å². The second-order valence-corrected chi connectivity index (χ2v) is 4.22. The van der Waals surface area contributed by atoms with Gasteiger partial charge in [0.15, 0.2) is 5.60 Å². The van der Waals surface area contributed by atoms with E-state index in [-0.39, 0.29) is 5.97 Å². The lowest BCUT2D eigenvalue weighted by molar-refractivity contribution is -0.169. The first kappa shape index (κ1) is 12.1. The van der Waals surface area contributed by atoms with Crippen LogP contribution in [0.5, 0.6) is 0 Å². The Morgan fingerprint density at radius 3 is 2.87 bits per heavy atom. The van der Waals surface area contributed by atoms with E-state index in [1.807, 2.05) is 5.38 Å². The number of rotatable bonds is 5. The number of hydrogen-bond donors (Lipinski definition) is 0. The Morgan fingerprint density at radius 1 is 1.60 bits per heavy atom. The van der Waals surface area contributed by atoms with Crippen molar-refractivity contribution in [3.63, 3.8) is 0 Å². The van der Waals surface area contributed by atoms with Crippen LogP contribution >= 0.6 is 11.3 Å². The van der Waals surface area contributed by atoms with Crippen LogP contribution < -0.4 is 0 Å². The van der Waals surface area contributed by atoms with E-state index in [9.17, 15) is 4.79 Å². The fraction of sp³-hybridized carbons (Fsp3) is 0.600. The molecule has 5 heteroatoms. The molecule has 0 saturated carbocycles. The van der Waals surface area contributed by atoms with Gasteiger partial charge in [-0.25, -0.2) is 9.78 Å². The first-order valence-corrected chi connectivity index (χ1v) is 5.69. The second-order valence-electron chi connectivity index (χ2n) is 3.50. The van der Waals surface area contributed by atoms with Crippen molar-refractivity contribution in [2.75, 3.05) is 6.61 Å². The molecule has 1 rings (SSSR count). The minimum absolute atomic E-state index is 0.329. The summed E-state index contributed by atoms with van der Waals surface area (Å²) in [7, 11) is 0. The van der Waals surface area contributed by atoms with Crippen molar-refractivity contribution in [1.82, 2.24) is 4.98 Å². The summed E-state index contributed by atoms with van der Waals surface area (Å²) in [6.07, 6.45) is 0. The average Bonchev–Trinajstić information content (AvgIpc) is 2.68. The molecule has 0 spiro atoms. The zero-order chi connectivity index (χ0) is 11.3. The summed E-state index contributed by atoms with van der Waals surface area (Å²) in [5, 5.41) is 1.89. The summed E-state index contributed by atoms with van der Waals surface area (Å²) in [5.41, 5.74) is 1.65. The number of hydrogen-bond acceptors (Lipinski definition) is 5. The molecule has 0 unspecified atom stereocenters. The molecule has 1 aromatic rings. The number of nitrogens with zero attached hydrogens (tertiary/aromatic N) is 1. The monoisotopic (exact) mass is 229 g/mol. The third-order valence-corrected chi connectivity index (χ3v) is 2.47. The summed E-state index contributed by atoms with van der Waals surface area (Å²) < 4.78 is 10.4. The third kappa shape index (κ3) is 3.60. The van der Waals surface area contributed by atoms with Crippen LogP contribution in [0.15, 0.2) is 10.9 Å². The minimum Gasteiger partial charge on any atom is -0.464 e. The van der Waals surface area contributed by atoms with Gasteiger partial charge in [0, 0.05) is 5.38 Å². The van der Waals surface area contributed by atoms with E-state index in [0.717, 1.165) is 5.69 Å². The van der Waals surface area contributed by atoms with Crippen molar-refractivity contribution in [3.05, 3.63) is 16.6 Å². The van der Waals surface area contributed by atoms with Gasteiger partial charge in [-0.1, -0.05) is 0 Å². The molecular weight excluding hydrogens is 214 g/mol. The van der Waals surface area contributed by atoms with Crippen molar-refractivity contribution < 1.29 is 14.3 Å². The maximum Gasteiger partial charge on any atom is 0.337 e. The lowest BCUT2D eigenvalue weighted by Gasteiger charge is -2.22. The lowest BCUT2D eigenvalue weighted by Crippen LogP contribution is -2.36. The van der Waals surface area contributed by atoms with Gasteiger partial charge in [0.05, 0.1) is 24.4 Å². The molecule has 0 radical (unpaired) electrons. The van der Waals surface area contributed by atoms with Crippen molar-refractivity contribution in [2.45, 2.75) is 33.0 Å². The molecule has 0 saturated heterocycles. The number of carbonyl (C=O) groups excluding carboxylic acids is 1. The van der Waals surface area contributed by atoms with Crippen molar-refractivity contribution in [3.8, 4) is 0 Å². The first-order valence-electron chi connectivity index (χ1n) is 4.74. The lowest BCUT2D eigenvalue weighted by atomic mass is 10.1. The highest BCUT2D eigenvalue weighted by atomic mass is 32.1. The SMILES string of the molecule is CCOC(=O)C(C)(C)OCc1cscn1. The van der Waals surface area contributed by atoms with Gasteiger partial charge in [-0.3, -0.25) is 0 Å². The normalized spacial score (nSPS) is 11.4. The van der Waals surface area contributed by atoms with Crippen molar-refractivity contribution in [2.24, 2.45) is 0 Å². The topological polar surface area (TPSA) is 48.4 Å². The minimum atomic E-state index is -0.917. The summed E-state index contributed by atoms with van der Waals surface area (Å²) >= 11 is 1.50. The molecule has 0 aliphatic heterocycles. The Labute approximate surface area is 93.2 Å². The van der Waals surface area contributed by atoms with Gasteiger partial charge in [0.1, 0.15) is 0 Å². The first-order chi connectivity index (χ1) is 7.06. The molecule has 0 aromatic carbocycles. The third-order valence-electron chi connectivity index (χ3n) is 1.83. The van der Waals surface area contributed by atoms with Gasteiger partial charge in [-0.15, -0.1) is 11.3 Å². The maximum atomic E-state index is 11.5. The van der Waals surface area contributed by atoms with E-state index in [4.69, 9.17) is 9.47 Å². The Bertz CT molecular complexity index is 308. The van der Waals surface area contributed by atoms with E-state index in [0.29, 0.717) is 13.2 Å². The summed E-state index contributed by atoms with van der Waals surface area (Å²) in [5.74, 6) is -0.347. The van der Waals surface area contributed by atoms with Crippen LogP contribution in [0.25, 0.3) is 0 Å². The maximum absolute atomic E-state index is 11.5. The van der Waals surface area contributed by atoms with Gasteiger partial charge in [-0.2, -0.15) is 0 Å². The van der Waals surface area contributed by atoms with Gasteiger partial charge in [0.25, 0.3) is 0 Å². The molecule has 0 bridgehead atoms.